The number of nitrogens with two attached hydrogens (primary N) is 1. The summed E-state index contributed by atoms with van der Waals surface area (Å²) in [4.78, 5) is 10.8. The molecule has 1 rings (SSSR count). The Morgan fingerprint density at radius 2 is 2.00 bits per heavy atom. The zero-order chi connectivity index (χ0) is 12.5. The monoisotopic (exact) mass is 297 g/mol. The molecule has 0 saturated heterocycles. The molecule has 3 nitrogen and oxygen atoms in total. The van der Waals surface area contributed by atoms with E-state index in [1.54, 1.807) is 0 Å². The highest BCUT2D eigenvalue weighted by Gasteiger charge is 2.39. The molecule has 0 aliphatic carbocycles. The Balaban J connectivity index is 3.28. The second-order valence-corrected chi connectivity index (χ2v) is 3.97. The average Bonchev–Trinajstić information content (AvgIpc) is 2.15. The van der Waals surface area contributed by atoms with Crippen molar-refractivity contribution in [3.8, 4) is 0 Å². The Morgan fingerprint density at radius 1 is 1.44 bits per heavy atom. The van der Waals surface area contributed by atoms with Gasteiger partial charge in [0.1, 0.15) is 6.04 Å². The summed E-state index contributed by atoms with van der Waals surface area (Å²) in [6.45, 7) is 0. The van der Waals surface area contributed by atoms with Gasteiger partial charge in [-0.1, -0.05) is 22.0 Å². The highest BCUT2D eigenvalue weighted by atomic mass is 79.9. The lowest BCUT2D eigenvalue weighted by atomic mass is 10.0. The van der Waals surface area contributed by atoms with E-state index in [4.69, 9.17) is 10.8 Å². The minimum absolute atomic E-state index is 0.378. The normalized spacial score (nSPS) is 13.6. The average molecular weight is 298 g/mol. The Kier molecular flexibility index (Phi) is 3.59. The van der Waals surface area contributed by atoms with Crippen LogP contribution in [0.25, 0.3) is 0 Å². The fourth-order valence-electron chi connectivity index (χ4n) is 1.16. The first kappa shape index (κ1) is 13.0. The van der Waals surface area contributed by atoms with E-state index in [2.05, 4.69) is 15.9 Å². The van der Waals surface area contributed by atoms with Gasteiger partial charge in [-0.2, -0.15) is 13.2 Å². The van der Waals surface area contributed by atoms with Gasteiger partial charge in [0.05, 0.1) is 5.56 Å². The maximum Gasteiger partial charge on any atom is 0.407 e. The molecule has 0 unspecified atom stereocenters. The van der Waals surface area contributed by atoms with Crippen LogP contribution in [-0.4, -0.2) is 17.3 Å². The van der Waals surface area contributed by atoms with Crippen LogP contribution in [0.3, 0.4) is 0 Å². The molecule has 1 aromatic rings. The van der Waals surface area contributed by atoms with Gasteiger partial charge in [-0.05, 0) is 17.7 Å². The van der Waals surface area contributed by atoms with E-state index in [1.165, 1.54) is 6.07 Å². The zero-order valence-electron chi connectivity index (χ0n) is 7.75. The van der Waals surface area contributed by atoms with Crippen molar-refractivity contribution in [3.05, 3.63) is 33.8 Å². The van der Waals surface area contributed by atoms with Crippen LogP contribution < -0.4 is 5.73 Å². The number of carboxylic acids is 1. The second kappa shape index (κ2) is 4.42. The first-order valence-electron chi connectivity index (χ1n) is 4.08. The molecule has 88 valence electrons. The molecule has 0 radical (unpaired) electrons. The quantitative estimate of drug-likeness (QED) is 0.882. The van der Waals surface area contributed by atoms with E-state index >= 15 is 0 Å². The molecule has 16 heavy (non-hydrogen) atoms. The van der Waals surface area contributed by atoms with E-state index in [0.29, 0.717) is 4.47 Å². The van der Waals surface area contributed by atoms with Crippen LogP contribution in [0.15, 0.2) is 22.7 Å². The number of benzene rings is 1. The van der Waals surface area contributed by atoms with Crippen molar-refractivity contribution in [2.45, 2.75) is 12.2 Å². The molecule has 0 heterocycles. The SMILES string of the molecule is N[C@H](c1ccc(Br)cc1C(=O)O)C(F)(F)F. The molecule has 0 aliphatic rings. The van der Waals surface area contributed by atoms with Gasteiger partial charge in [0.15, 0.2) is 0 Å². The van der Waals surface area contributed by atoms with Crippen LogP contribution in [0.5, 0.6) is 0 Å². The van der Waals surface area contributed by atoms with Crippen molar-refractivity contribution >= 4 is 21.9 Å². The van der Waals surface area contributed by atoms with Gasteiger partial charge in [-0.3, -0.25) is 0 Å². The van der Waals surface area contributed by atoms with E-state index in [9.17, 15) is 18.0 Å². The Labute approximate surface area is 97.2 Å². The van der Waals surface area contributed by atoms with Crippen LogP contribution in [-0.2, 0) is 0 Å². The van der Waals surface area contributed by atoms with E-state index in [0.717, 1.165) is 12.1 Å². The molecule has 3 N–H and O–H groups in total. The number of carbonyl (C=O) groups is 1. The minimum Gasteiger partial charge on any atom is -0.478 e. The van der Waals surface area contributed by atoms with E-state index < -0.39 is 29.3 Å². The van der Waals surface area contributed by atoms with Crippen LogP contribution in [0, 0.1) is 0 Å². The third-order valence-corrected chi connectivity index (χ3v) is 2.43. The van der Waals surface area contributed by atoms with Gasteiger partial charge >= 0.3 is 12.1 Å². The molecule has 1 aromatic carbocycles. The van der Waals surface area contributed by atoms with Crippen molar-refractivity contribution in [2.75, 3.05) is 0 Å². The molecule has 0 bridgehead atoms. The van der Waals surface area contributed by atoms with Crippen molar-refractivity contribution < 1.29 is 23.1 Å². The Morgan fingerprint density at radius 3 is 2.44 bits per heavy atom. The zero-order valence-corrected chi connectivity index (χ0v) is 9.34. The summed E-state index contributed by atoms with van der Waals surface area (Å²) in [5, 5.41) is 8.76. The molecular formula is C9H7BrF3NO2. The van der Waals surface area contributed by atoms with Crippen LogP contribution in [0.2, 0.25) is 0 Å². The number of carboxylic acid groups (broad SMARTS) is 1. The maximum absolute atomic E-state index is 12.3. The van der Waals surface area contributed by atoms with Crippen molar-refractivity contribution in [2.24, 2.45) is 5.73 Å². The fraction of sp³-hybridized carbons (Fsp3) is 0.222. The predicted octanol–water partition coefficient (Wildman–Crippen LogP) is 2.71. The third kappa shape index (κ3) is 2.73. The first-order valence-corrected chi connectivity index (χ1v) is 4.88. The number of alkyl halides is 3. The van der Waals surface area contributed by atoms with Crippen LogP contribution >= 0.6 is 15.9 Å². The number of aromatic carboxylic acids is 1. The van der Waals surface area contributed by atoms with Gasteiger partial charge in [0.25, 0.3) is 0 Å². The number of hydrogen-bond acceptors (Lipinski definition) is 2. The molecule has 0 saturated carbocycles. The summed E-state index contributed by atoms with van der Waals surface area (Å²) in [6, 6.07) is 1.15. The lowest BCUT2D eigenvalue weighted by molar-refractivity contribution is -0.149. The second-order valence-electron chi connectivity index (χ2n) is 3.06. The summed E-state index contributed by atoms with van der Waals surface area (Å²) >= 11 is 2.98. The first-order chi connectivity index (χ1) is 7.23. The minimum atomic E-state index is -4.67. The summed E-state index contributed by atoms with van der Waals surface area (Å²) in [7, 11) is 0. The van der Waals surface area contributed by atoms with Crippen LogP contribution in [0.4, 0.5) is 13.2 Å². The van der Waals surface area contributed by atoms with E-state index in [-0.39, 0.29) is 0 Å². The van der Waals surface area contributed by atoms with Gasteiger partial charge in [-0.25, -0.2) is 4.79 Å². The molecule has 0 fully saturated rings. The highest BCUT2D eigenvalue weighted by Crippen LogP contribution is 2.33. The summed E-state index contributed by atoms with van der Waals surface area (Å²) in [6.07, 6.45) is -4.67. The van der Waals surface area contributed by atoms with Gasteiger partial charge in [-0.15, -0.1) is 0 Å². The Hall–Kier alpha value is -1.08. The highest BCUT2D eigenvalue weighted by molar-refractivity contribution is 9.10. The number of rotatable bonds is 2. The lowest BCUT2D eigenvalue weighted by Crippen LogP contribution is -2.30. The largest absolute Gasteiger partial charge is 0.478 e. The molecule has 0 aliphatic heterocycles. The molecule has 0 spiro atoms. The molecular weight excluding hydrogens is 291 g/mol. The third-order valence-electron chi connectivity index (χ3n) is 1.93. The van der Waals surface area contributed by atoms with Crippen LogP contribution in [0.1, 0.15) is 22.0 Å². The lowest BCUT2D eigenvalue weighted by Gasteiger charge is -2.17. The van der Waals surface area contributed by atoms with Crippen molar-refractivity contribution in [1.29, 1.82) is 0 Å². The van der Waals surface area contributed by atoms with Crippen molar-refractivity contribution in [3.63, 3.8) is 0 Å². The summed E-state index contributed by atoms with van der Waals surface area (Å²) in [5.74, 6) is -1.45. The summed E-state index contributed by atoms with van der Waals surface area (Å²) in [5.41, 5.74) is 4.04. The topological polar surface area (TPSA) is 63.3 Å². The molecule has 1 atom stereocenters. The van der Waals surface area contributed by atoms with E-state index in [1.807, 2.05) is 0 Å². The van der Waals surface area contributed by atoms with Gasteiger partial charge in [0.2, 0.25) is 0 Å². The molecule has 0 amide bonds. The number of halogens is 4. The van der Waals surface area contributed by atoms with Crippen molar-refractivity contribution in [1.82, 2.24) is 0 Å². The maximum atomic E-state index is 12.3. The standard InChI is InChI=1S/C9H7BrF3NO2/c10-4-1-2-5(6(3-4)8(15)16)7(14)9(11,12)13/h1-3,7H,14H2,(H,15,16)/t7-/m1/s1. The summed E-state index contributed by atoms with van der Waals surface area (Å²) < 4.78 is 37.4. The Bertz CT molecular complexity index is 420. The predicted molar refractivity (Wildman–Crippen MR) is 54.1 cm³/mol. The van der Waals surface area contributed by atoms with Gasteiger partial charge < -0.3 is 10.8 Å². The fourth-order valence-corrected chi connectivity index (χ4v) is 1.52. The smallest absolute Gasteiger partial charge is 0.407 e. The van der Waals surface area contributed by atoms with Gasteiger partial charge in [0, 0.05) is 4.47 Å². The number of hydrogen-bond donors (Lipinski definition) is 2. The molecule has 7 heteroatoms. The molecule has 0 aromatic heterocycles.